The number of hydrogen-bond donors (Lipinski definition) is 1. The molecule has 1 aromatic carbocycles. The van der Waals surface area contributed by atoms with E-state index in [0.29, 0.717) is 0 Å². The number of nitrogens with zero attached hydrogens (tertiary/aromatic N) is 1. The summed E-state index contributed by atoms with van der Waals surface area (Å²) in [5.41, 5.74) is -1.15. The van der Waals surface area contributed by atoms with Crippen molar-refractivity contribution in [3.05, 3.63) is 39.7 Å². The van der Waals surface area contributed by atoms with Crippen LogP contribution in [0, 0.1) is 15.9 Å². The van der Waals surface area contributed by atoms with Crippen molar-refractivity contribution < 1.29 is 28.4 Å². The Labute approximate surface area is 138 Å². The molecule has 24 heavy (non-hydrogen) atoms. The van der Waals surface area contributed by atoms with Crippen molar-refractivity contribution in [2.45, 2.75) is 38.8 Å². The van der Waals surface area contributed by atoms with Crippen LogP contribution in [-0.2, 0) is 20.7 Å². The zero-order valence-electron chi connectivity index (χ0n) is 13.8. The molecule has 9 heteroatoms. The second-order valence-corrected chi connectivity index (χ2v) is 5.97. The summed E-state index contributed by atoms with van der Waals surface area (Å²) in [6.07, 6.45) is -0.943. The van der Waals surface area contributed by atoms with Crippen molar-refractivity contribution in [3.8, 4) is 0 Å². The minimum Gasteiger partial charge on any atom is -0.467 e. The van der Waals surface area contributed by atoms with E-state index < -0.39 is 40.1 Å². The second-order valence-electron chi connectivity index (χ2n) is 5.97. The summed E-state index contributed by atoms with van der Waals surface area (Å²) in [6.45, 7) is 4.97. The van der Waals surface area contributed by atoms with Crippen molar-refractivity contribution in [3.63, 3.8) is 0 Å². The van der Waals surface area contributed by atoms with Crippen LogP contribution in [-0.4, -0.2) is 35.7 Å². The number of nitro benzene ring substituents is 1. The van der Waals surface area contributed by atoms with Crippen LogP contribution in [0.1, 0.15) is 26.3 Å². The van der Waals surface area contributed by atoms with E-state index in [-0.39, 0.29) is 12.0 Å². The molecule has 1 aromatic rings. The maximum atomic E-state index is 13.6. The summed E-state index contributed by atoms with van der Waals surface area (Å²) in [7, 11) is 1.14. The average molecular weight is 342 g/mol. The Kier molecular flexibility index (Phi) is 6.21. The second kappa shape index (κ2) is 7.71. The largest absolute Gasteiger partial charge is 0.467 e. The Morgan fingerprint density at radius 2 is 2.00 bits per heavy atom. The summed E-state index contributed by atoms with van der Waals surface area (Å²) in [6, 6.07) is 2.11. The lowest BCUT2D eigenvalue weighted by atomic mass is 10.1. The zero-order chi connectivity index (χ0) is 18.5. The van der Waals surface area contributed by atoms with Crippen molar-refractivity contribution in [2.75, 3.05) is 7.11 Å². The molecule has 1 atom stereocenters. The molecule has 0 fully saturated rings. The molecule has 1 rings (SSSR count). The minimum absolute atomic E-state index is 0.110. The van der Waals surface area contributed by atoms with Crippen molar-refractivity contribution in [2.24, 2.45) is 0 Å². The van der Waals surface area contributed by atoms with Gasteiger partial charge in [0.15, 0.2) is 0 Å². The highest BCUT2D eigenvalue weighted by Crippen LogP contribution is 2.19. The molecule has 0 bridgehead atoms. The maximum absolute atomic E-state index is 13.6. The van der Waals surface area contributed by atoms with Gasteiger partial charge in [0.1, 0.15) is 11.6 Å². The van der Waals surface area contributed by atoms with Crippen molar-refractivity contribution in [1.29, 1.82) is 0 Å². The van der Waals surface area contributed by atoms with Crippen LogP contribution < -0.4 is 5.32 Å². The molecule has 0 aliphatic rings. The predicted molar refractivity (Wildman–Crippen MR) is 81.9 cm³/mol. The fraction of sp³-hybridized carbons (Fsp3) is 0.467. The molecule has 0 aliphatic heterocycles. The van der Waals surface area contributed by atoms with E-state index in [4.69, 9.17) is 4.74 Å². The number of nitro groups is 1. The van der Waals surface area contributed by atoms with E-state index in [0.717, 1.165) is 19.2 Å². The summed E-state index contributed by atoms with van der Waals surface area (Å²) in [4.78, 5) is 33.3. The quantitative estimate of drug-likeness (QED) is 0.500. The number of esters is 1. The Balaban J connectivity index is 2.91. The third-order valence-corrected chi connectivity index (χ3v) is 2.83. The lowest BCUT2D eigenvalue weighted by Gasteiger charge is -2.22. The van der Waals surface area contributed by atoms with Crippen molar-refractivity contribution in [1.82, 2.24) is 5.32 Å². The highest BCUT2D eigenvalue weighted by Gasteiger charge is 2.26. The van der Waals surface area contributed by atoms with Gasteiger partial charge < -0.3 is 14.8 Å². The highest BCUT2D eigenvalue weighted by atomic mass is 19.1. The number of rotatable bonds is 5. The van der Waals surface area contributed by atoms with Crippen LogP contribution in [0.3, 0.4) is 0 Å². The third kappa shape index (κ3) is 5.82. The van der Waals surface area contributed by atoms with Crippen LogP contribution in [0.2, 0.25) is 0 Å². The van der Waals surface area contributed by atoms with Gasteiger partial charge in [-0.25, -0.2) is 9.59 Å². The maximum Gasteiger partial charge on any atom is 0.408 e. The monoisotopic (exact) mass is 342 g/mol. The number of halogens is 1. The van der Waals surface area contributed by atoms with Crippen LogP contribution in [0.15, 0.2) is 18.2 Å². The number of amides is 1. The first kappa shape index (κ1) is 19.3. The molecule has 0 aliphatic carbocycles. The molecule has 0 saturated heterocycles. The van der Waals surface area contributed by atoms with Crippen LogP contribution >= 0.6 is 0 Å². The van der Waals surface area contributed by atoms with Gasteiger partial charge in [-0.2, -0.15) is 4.39 Å². The van der Waals surface area contributed by atoms with Gasteiger partial charge >= 0.3 is 17.7 Å². The fourth-order valence-corrected chi connectivity index (χ4v) is 1.85. The van der Waals surface area contributed by atoms with Gasteiger partial charge in [0, 0.05) is 12.5 Å². The Morgan fingerprint density at radius 1 is 1.38 bits per heavy atom. The number of carbonyl (C=O) groups is 2. The molecule has 0 unspecified atom stereocenters. The van der Waals surface area contributed by atoms with E-state index in [1.165, 1.54) is 6.07 Å². The third-order valence-electron chi connectivity index (χ3n) is 2.83. The molecular formula is C15H19FN2O6. The number of methoxy groups -OCH3 is 1. The summed E-state index contributed by atoms with van der Waals surface area (Å²) in [5, 5.41) is 12.9. The summed E-state index contributed by atoms with van der Waals surface area (Å²) < 4.78 is 23.3. The van der Waals surface area contributed by atoms with E-state index >= 15 is 0 Å². The molecule has 0 spiro atoms. The molecule has 8 nitrogen and oxygen atoms in total. The minimum atomic E-state index is -1.12. The van der Waals surface area contributed by atoms with Gasteiger partial charge in [-0.15, -0.1) is 0 Å². The SMILES string of the molecule is COC(=O)[C@@H](Cc1ccc([N+](=O)[O-])c(F)c1)NC(=O)OC(C)(C)C. The number of ether oxygens (including phenoxy) is 2. The number of benzene rings is 1. The van der Waals surface area contributed by atoms with Crippen molar-refractivity contribution >= 4 is 17.7 Å². The molecule has 0 heterocycles. The highest BCUT2D eigenvalue weighted by molar-refractivity contribution is 5.81. The molecular weight excluding hydrogens is 323 g/mol. The zero-order valence-corrected chi connectivity index (χ0v) is 13.8. The lowest BCUT2D eigenvalue weighted by molar-refractivity contribution is -0.387. The first-order valence-electron chi connectivity index (χ1n) is 7.03. The first-order valence-corrected chi connectivity index (χ1v) is 7.03. The number of alkyl carbamates (subject to hydrolysis) is 1. The molecule has 0 radical (unpaired) electrons. The van der Waals surface area contributed by atoms with E-state index in [2.05, 4.69) is 10.1 Å². The van der Waals surface area contributed by atoms with Crippen LogP contribution in [0.5, 0.6) is 0 Å². The van der Waals surface area contributed by atoms with Crippen LogP contribution in [0.4, 0.5) is 14.9 Å². The van der Waals surface area contributed by atoms with Gasteiger partial charge in [-0.1, -0.05) is 6.07 Å². The molecule has 132 valence electrons. The smallest absolute Gasteiger partial charge is 0.408 e. The Morgan fingerprint density at radius 3 is 2.46 bits per heavy atom. The topological polar surface area (TPSA) is 108 Å². The predicted octanol–water partition coefficient (Wildman–Crippen LogP) is 2.34. The normalized spacial score (nSPS) is 12.2. The molecule has 0 aromatic heterocycles. The van der Waals surface area contributed by atoms with Gasteiger partial charge in [-0.05, 0) is 32.4 Å². The lowest BCUT2D eigenvalue weighted by Crippen LogP contribution is -2.45. The first-order chi connectivity index (χ1) is 11.0. The Bertz CT molecular complexity index is 641. The summed E-state index contributed by atoms with van der Waals surface area (Å²) in [5.74, 6) is -1.78. The van der Waals surface area contributed by atoms with E-state index in [1.807, 2.05) is 0 Å². The summed E-state index contributed by atoms with van der Waals surface area (Å²) >= 11 is 0. The van der Waals surface area contributed by atoms with Gasteiger partial charge in [0.2, 0.25) is 5.82 Å². The number of nitrogens with one attached hydrogen (secondary N) is 1. The molecule has 0 saturated carbocycles. The molecule has 1 N–H and O–H groups in total. The van der Waals surface area contributed by atoms with E-state index in [1.54, 1.807) is 20.8 Å². The average Bonchev–Trinajstić information content (AvgIpc) is 2.43. The number of hydrogen-bond acceptors (Lipinski definition) is 6. The van der Waals surface area contributed by atoms with Gasteiger partial charge in [0.05, 0.1) is 12.0 Å². The van der Waals surface area contributed by atoms with E-state index in [9.17, 15) is 24.1 Å². The molecule has 1 amide bonds. The fourth-order valence-electron chi connectivity index (χ4n) is 1.85. The standard InChI is InChI=1S/C15H19FN2O6/c1-15(2,3)24-14(20)17-11(13(19)23-4)8-9-5-6-12(18(21)22)10(16)7-9/h5-7,11H,8H2,1-4H3,(H,17,20)/t11-/m1/s1. The number of carbonyl (C=O) groups excluding carboxylic acids is 2. The Hall–Kier alpha value is -2.71. The van der Waals surface area contributed by atoms with Gasteiger partial charge in [0.25, 0.3) is 0 Å². The van der Waals surface area contributed by atoms with Gasteiger partial charge in [-0.3, -0.25) is 10.1 Å². The van der Waals surface area contributed by atoms with Crippen LogP contribution in [0.25, 0.3) is 0 Å².